The molecule has 0 saturated heterocycles. The summed E-state index contributed by atoms with van der Waals surface area (Å²) in [6.07, 6.45) is 8.14. The second-order valence-electron chi connectivity index (χ2n) is 3.73. The van der Waals surface area contributed by atoms with Crippen LogP contribution < -0.4 is 5.32 Å². The monoisotopic (exact) mass is 179 g/mol. The summed E-state index contributed by atoms with van der Waals surface area (Å²) in [4.78, 5) is 4.27. The molecule has 3 nitrogen and oxygen atoms in total. The number of anilines is 1. The van der Waals surface area contributed by atoms with Gasteiger partial charge in [-0.1, -0.05) is 6.42 Å². The molecule has 13 heavy (non-hydrogen) atoms. The fraction of sp³-hybridized carbons (Fsp3) is 0.700. The third-order valence-corrected chi connectivity index (χ3v) is 2.73. The summed E-state index contributed by atoms with van der Waals surface area (Å²) in [6, 6.07) is 0. The molecule has 72 valence electrons. The van der Waals surface area contributed by atoms with Crippen LogP contribution in [0.25, 0.3) is 0 Å². The molecule has 0 amide bonds. The van der Waals surface area contributed by atoms with E-state index in [1.165, 1.54) is 19.3 Å². The summed E-state index contributed by atoms with van der Waals surface area (Å²) in [7, 11) is 0. The molecule has 1 fully saturated rings. The van der Waals surface area contributed by atoms with E-state index in [9.17, 15) is 0 Å². The average molecular weight is 179 g/mol. The van der Waals surface area contributed by atoms with Crippen LogP contribution in [0.15, 0.2) is 12.4 Å². The Labute approximate surface area is 79.2 Å². The maximum Gasteiger partial charge on any atom is 0.202 e. The van der Waals surface area contributed by atoms with Crippen molar-refractivity contribution in [2.45, 2.75) is 32.7 Å². The fourth-order valence-corrected chi connectivity index (χ4v) is 1.74. The SMILES string of the molecule is CCNc1nccn1CC1CCC1. The molecule has 1 aliphatic rings. The normalized spacial score (nSPS) is 17.0. The lowest BCUT2D eigenvalue weighted by Crippen LogP contribution is -2.19. The van der Waals surface area contributed by atoms with E-state index in [0.717, 1.165) is 25.0 Å². The highest BCUT2D eigenvalue weighted by molar-refractivity contribution is 5.25. The fourth-order valence-electron chi connectivity index (χ4n) is 1.74. The van der Waals surface area contributed by atoms with Gasteiger partial charge in [-0.05, 0) is 25.7 Å². The number of hydrogen-bond donors (Lipinski definition) is 1. The molecule has 0 spiro atoms. The zero-order chi connectivity index (χ0) is 9.10. The maximum atomic E-state index is 4.27. The largest absolute Gasteiger partial charge is 0.356 e. The van der Waals surface area contributed by atoms with E-state index >= 15 is 0 Å². The molecule has 1 saturated carbocycles. The summed E-state index contributed by atoms with van der Waals surface area (Å²) >= 11 is 0. The van der Waals surface area contributed by atoms with Gasteiger partial charge in [-0.15, -0.1) is 0 Å². The van der Waals surface area contributed by atoms with Gasteiger partial charge in [0, 0.05) is 25.5 Å². The molecule has 2 rings (SSSR count). The minimum absolute atomic E-state index is 0.895. The highest BCUT2D eigenvalue weighted by Crippen LogP contribution is 2.28. The van der Waals surface area contributed by atoms with Crippen LogP contribution in [0.1, 0.15) is 26.2 Å². The zero-order valence-corrected chi connectivity index (χ0v) is 8.16. The van der Waals surface area contributed by atoms with Crippen LogP contribution in [0.3, 0.4) is 0 Å². The summed E-state index contributed by atoms with van der Waals surface area (Å²) in [5.41, 5.74) is 0. The summed E-state index contributed by atoms with van der Waals surface area (Å²) < 4.78 is 2.23. The van der Waals surface area contributed by atoms with Crippen molar-refractivity contribution in [3.05, 3.63) is 12.4 Å². The average Bonchev–Trinajstić information content (AvgIpc) is 2.46. The lowest BCUT2D eigenvalue weighted by molar-refractivity contribution is 0.278. The number of hydrogen-bond acceptors (Lipinski definition) is 2. The van der Waals surface area contributed by atoms with Gasteiger partial charge in [-0.25, -0.2) is 4.98 Å². The molecule has 1 N–H and O–H groups in total. The van der Waals surface area contributed by atoms with E-state index in [-0.39, 0.29) is 0 Å². The van der Waals surface area contributed by atoms with E-state index in [1.54, 1.807) is 0 Å². The molecule has 1 heterocycles. The number of aromatic nitrogens is 2. The van der Waals surface area contributed by atoms with Crippen LogP contribution in [0.5, 0.6) is 0 Å². The quantitative estimate of drug-likeness (QED) is 0.767. The number of imidazole rings is 1. The lowest BCUT2D eigenvalue weighted by Gasteiger charge is -2.26. The van der Waals surface area contributed by atoms with Gasteiger partial charge < -0.3 is 9.88 Å². The van der Waals surface area contributed by atoms with Gasteiger partial charge >= 0.3 is 0 Å². The molecular formula is C10H17N3. The van der Waals surface area contributed by atoms with Crippen molar-refractivity contribution in [3.63, 3.8) is 0 Å². The van der Waals surface area contributed by atoms with Crippen LogP contribution in [0.4, 0.5) is 5.95 Å². The molecule has 0 radical (unpaired) electrons. The summed E-state index contributed by atoms with van der Waals surface area (Å²) in [5, 5.41) is 3.26. The smallest absolute Gasteiger partial charge is 0.202 e. The molecule has 3 heteroatoms. The topological polar surface area (TPSA) is 29.9 Å². The highest BCUT2D eigenvalue weighted by Gasteiger charge is 2.18. The van der Waals surface area contributed by atoms with Crippen molar-refractivity contribution >= 4 is 5.95 Å². The van der Waals surface area contributed by atoms with E-state index in [1.807, 2.05) is 6.20 Å². The van der Waals surface area contributed by atoms with Crippen molar-refractivity contribution in [2.75, 3.05) is 11.9 Å². The van der Waals surface area contributed by atoms with E-state index in [2.05, 4.69) is 28.0 Å². The standard InChI is InChI=1S/C10H17N3/c1-2-11-10-12-6-7-13(10)8-9-4-3-5-9/h6-7,9H,2-5,8H2,1H3,(H,11,12). The molecule has 0 aromatic carbocycles. The number of nitrogens with one attached hydrogen (secondary N) is 1. The molecular weight excluding hydrogens is 162 g/mol. The molecule has 1 aromatic rings. The van der Waals surface area contributed by atoms with Crippen molar-refractivity contribution < 1.29 is 0 Å². The predicted molar refractivity (Wildman–Crippen MR) is 53.7 cm³/mol. The van der Waals surface area contributed by atoms with Gasteiger partial charge in [0.2, 0.25) is 5.95 Å². The molecule has 1 aliphatic carbocycles. The Hall–Kier alpha value is -0.990. The van der Waals surface area contributed by atoms with Gasteiger partial charge in [0.25, 0.3) is 0 Å². The first-order chi connectivity index (χ1) is 6.40. The third kappa shape index (κ3) is 1.85. The van der Waals surface area contributed by atoms with Gasteiger partial charge in [0.15, 0.2) is 0 Å². The molecule has 1 aromatic heterocycles. The van der Waals surface area contributed by atoms with Crippen LogP contribution in [0, 0.1) is 5.92 Å². The first-order valence-corrected chi connectivity index (χ1v) is 5.15. The molecule has 0 bridgehead atoms. The minimum atomic E-state index is 0.895. The van der Waals surface area contributed by atoms with Crippen LogP contribution in [-0.2, 0) is 6.54 Å². The Balaban J connectivity index is 1.96. The summed E-state index contributed by atoms with van der Waals surface area (Å²) in [5.74, 6) is 1.92. The van der Waals surface area contributed by atoms with Crippen molar-refractivity contribution in [1.29, 1.82) is 0 Å². The van der Waals surface area contributed by atoms with Crippen molar-refractivity contribution in [1.82, 2.24) is 9.55 Å². The van der Waals surface area contributed by atoms with Crippen LogP contribution in [0.2, 0.25) is 0 Å². The van der Waals surface area contributed by atoms with E-state index < -0.39 is 0 Å². The first-order valence-electron chi connectivity index (χ1n) is 5.15. The maximum absolute atomic E-state index is 4.27. The van der Waals surface area contributed by atoms with Crippen LogP contribution >= 0.6 is 0 Å². The number of rotatable bonds is 4. The Kier molecular flexibility index (Phi) is 2.52. The van der Waals surface area contributed by atoms with E-state index in [0.29, 0.717) is 0 Å². The second kappa shape index (κ2) is 3.81. The third-order valence-electron chi connectivity index (χ3n) is 2.73. The van der Waals surface area contributed by atoms with Crippen molar-refractivity contribution in [3.8, 4) is 0 Å². The van der Waals surface area contributed by atoms with Gasteiger partial charge in [-0.2, -0.15) is 0 Å². The van der Waals surface area contributed by atoms with Crippen molar-refractivity contribution in [2.24, 2.45) is 5.92 Å². The molecule has 0 unspecified atom stereocenters. The second-order valence-corrected chi connectivity index (χ2v) is 3.73. The lowest BCUT2D eigenvalue weighted by atomic mass is 9.85. The van der Waals surface area contributed by atoms with E-state index in [4.69, 9.17) is 0 Å². The Morgan fingerprint density at radius 1 is 1.62 bits per heavy atom. The zero-order valence-electron chi connectivity index (χ0n) is 8.16. The Morgan fingerprint density at radius 2 is 2.46 bits per heavy atom. The Morgan fingerprint density at radius 3 is 3.08 bits per heavy atom. The molecule has 0 aliphatic heterocycles. The highest BCUT2D eigenvalue weighted by atomic mass is 15.2. The molecule has 0 atom stereocenters. The van der Waals surface area contributed by atoms with Gasteiger partial charge in [0.05, 0.1) is 0 Å². The first kappa shape index (κ1) is 8.60. The van der Waals surface area contributed by atoms with Crippen LogP contribution in [-0.4, -0.2) is 16.1 Å². The minimum Gasteiger partial charge on any atom is -0.356 e. The summed E-state index contributed by atoms with van der Waals surface area (Å²) in [6.45, 7) is 4.19. The van der Waals surface area contributed by atoms with Gasteiger partial charge in [0.1, 0.15) is 0 Å². The predicted octanol–water partition coefficient (Wildman–Crippen LogP) is 2.11. The number of nitrogens with zero attached hydrogens (tertiary/aromatic N) is 2. The Bertz CT molecular complexity index is 263. The van der Waals surface area contributed by atoms with Gasteiger partial charge in [-0.3, -0.25) is 0 Å².